The van der Waals surface area contributed by atoms with Crippen molar-refractivity contribution >= 4 is 64.5 Å². The van der Waals surface area contributed by atoms with Crippen molar-refractivity contribution in [2.45, 2.75) is 67.2 Å². The number of hydrogen-bond donors (Lipinski definition) is 2. The van der Waals surface area contributed by atoms with Crippen molar-refractivity contribution in [2.75, 3.05) is 49.4 Å². The highest BCUT2D eigenvalue weighted by atomic mass is 32.2. The van der Waals surface area contributed by atoms with Gasteiger partial charge in [0.15, 0.2) is 27.2 Å². The molecule has 0 saturated carbocycles. The van der Waals surface area contributed by atoms with Crippen molar-refractivity contribution in [3.63, 3.8) is 0 Å². The first kappa shape index (κ1) is 37.0. The number of carbonyl (C=O) groups is 2. The van der Waals surface area contributed by atoms with Crippen LogP contribution < -0.4 is 11.1 Å². The molecule has 3 N–H and O–H groups in total. The number of nitrogens with one attached hydrogen (secondary N) is 1. The van der Waals surface area contributed by atoms with Crippen LogP contribution in [0.25, 0.3) is 11.2 Å². The van der Waals surface area contributed by atoms with E-state index in [1.165, 1.54) is 0 Å². The van der Waals surface area contributed by atoms with Gasteiger partial charge in [0.2, 0.25) is 5.95 Å². The van der Waals surface area contributed by atoms with Gasteiger partial charge in [0, 0.05) is 35.8 Å². The van der Waals surface area contributed by atoms with Gasteiger partial charge in [0.05, 0.1) is 32.3 Å². The molecule has 240 valence electrons. The van der Waals surface area contributed by atoms with Crippen LogP contribution in [0.2, 0.25) is 0 Å². The smallest absolute Gasteiger partial charge is 0.371 e. The summed E-state index contributed by atoms with van der Waals surface area (Å²) >= 11 is 2.15. The fourth-order valence-corrected chi connectivity index (χ4v) is 6.30. The van der Waals surface area contributed by atoms with Crippen LogP contribution in [0.5, 0.6) is 0 Å². The Balaban J connectivity index is 2.10. The van der Waals surface area contributed by atoms with Crippen molar-refractivity contribution in [1.29, 1.82) is 0 Å². The molecule has 0 radical (unpaired) electrons. The highest BCUT2D eigenvalue weighted by Crippen LogP contribution is 2.50. The Hall–Kier alpha value is -2.18. The Labute approximate surface area is 262 Å². The van der Waals surface area contributed by atoms with Gasteiger partial charge in [-0.05, 0) is 6.92 Å². The Kier molecular flexibility index (Phi) is 14.0. The number of phosphoric acid groups is 1. The van der Waals surface area contributed by atoms with E-state index in [1.807, 2.05) is 41.5 Å². The van der Waals surface area contributed by atoms with Crippen LogP contribution in [0.4, 0.5) is 11.8 Å². The molecule has 2 aromatic rings. The zero-order chi connectivity index (χ0) is 32.4. The van der Waals surface area contributed by atoms with Crippen molar-refractivity contribution < 1.29 is 32.5 Å². The zero-order valence-electron chi connectivity index (χ0n) is 26.0. The first-order chi connectivity index (χ1) is 20.0. The molecule has 0 fully saturated rings. The van der Waals surface area contributed by atoms with Crippen molar-refractivity contribution in [3.05, 3.63) is 6.33 Å². The maximum Gasteiger partial charge on any atom is 0.474 e. The van der Waals surface area contributed by atoms with Crippen molar-refractivity contribution in [2.24, 2.45) is 10.8 Å². The number of nitrogen functional groups attached to an aromatic ring is 1. The minimum absolute atomic E-state index is 0.0257. The van der Waals surface area contributed by atoms with Gasteiger partial charge >= 0.3 is 7.82 Å². The number of ether oxygens (including phenoxy) is 1. The first-order valence-electron chi connectivity index (χ1n) is 13.7. The monoisotopic (exact) mass is 658 g/mol. The summed E-state index contributed by atoms with van der Waals surface area (Å²) in [5.41, 5.74) is 5.76. The Morgan fingerprint density at radius 2 is 1.63 bits per heavy atom. The summed E-state index contributed by atoms with van der Waals surface area (Å²) in [5, 5.41) is 2.88. The number of thioether (sulfide) groups is 2. The van der Waals surface area contributed by atoms with Gasteiger partial charge in [-0.3, -0.25) is 27.7 Å². The van der Waals surface area contributed by atoms with Crippen LogP contribution in [0.15, 0.2) is 6.33 Å². The molecule has 13 nitrogen and oxygen atoms in total. The van der Waals surface area contributed by atoms with Crippen LogP contribution >= 0.6 is 31.3 Å². The average molecular weight is 659 g/mol. The number of phosphoric ester groups is 1. The maximum atomic E-state index is 13.6. The van der Waals surface area contributed by atoms with E-state index in [1.54, 1.807) is 24.9 Å². The topological polar surface area (TPSA) is 170 Å². The number of nitrogens with two attached hydrogens (primary N) is 1. The molecule has 0 aliphatic carbocycles. The van der Waals surface area contributed by atoms with E-state index in [2.05, 4.69) is 26.2 Å². The third kappa shape index (κ3) is 11.7. The number of carbonyl (C=O) groups excluding carboxylic acids is 2. The molecule has 0 bridgehead atoms. The number of hydrogen-bond acceptors (Lipinski definition) is 14. The molecule has 2 atom stereocenters. The Bertz CT molecular complexity index is 1300. The zero-order valence-corrected chi connectivity index (χ0v) is 28.6. The van der Waals surface area contributed by atoms with Gasteiger partial charge in [-0.1, -0.05) is 65.1 Å². The van der Waals surface area contributed by atoms with Gasteiger partial charge in [0.1, 0.15) is 6.23 Å². The van der Waals surface area contributed by atoms with E-state index < -0.39 is 31.0 Å². The number of fused-ring (bicyclic) bond motifs is 1. The lowest BCUT2D eigenvalue weighted by molar-refractivity contribution is -0.118. The molecule has 2 aromatic heterocycles. The predicted octanol–water partition coefficient (Wildman–Crippen LogP) is 5.15. The Morgan fingerprint density at radius 3 is 2.12 bits per heavy atom. The molecule has 0 aromatic carbocycles. The Morgan fingerprint density at radius 1 is 1.07 bits per heavy atom. The van der Waals surface area contributed by atoms with Crippen LogP contribution in [-0.2, 0) is 32.5 Å². The first-order valence-corrected chi connectivity index (χ1v) is 17.1. The van der Waals surface area contributed by atoms with Crippen LogP contribution in [0.1, 0.15) is 61.1 Å². The van der Waals surface area contributed by atoms with E-state index in [-0.39, 0.29) is 53.9 Å². The molecule has 2 rings (SSSR count). The van der Waals surface area contributed by atoms with E-state index in [0.29, 0.717) is 17.0 Å². The number of aromatic nitrogens is 4. The molecule has 0 amide bonds. The summed E-state index contributed by atoms with van der Waals surface area (Å²) in [7, 11) is -2.42. The standard InChI is InChI=1S/C27H43N6O7PS2/c1-10-11-19(40-18(2)33-17-30-20-21(29-9)31-25(28)32-22(20)33)16-39-41(36,37-12-14-42-23(34)26(3,4)5)38-13-15-43-24(35)27(6,7)8/h1,17-19H,11-16H2,2-9H3,(H3,28,29,31,32)/t18-,19+/m1/s1. The van der Waals surface area contributed by atoms with Gasteiger partial charge in [-0.15, -0.1) is 12.3 Å². The average Bonchev–Trinajstić information content (AvgIpc) is 3.34. The molecule has 2 heterocycles. The molecule has 0 aliphatic rings. The lowest BCUT2D eigenvalue weighted by Crippen LogP contribution is -2.24. The molecule has 0 spiro atoms. The van der Waals surface area contributed by atoms with E-state index in [0.717, 1.165) is 23.5 Å². The largest absolute Gasteiger partial charge is 0.474 e. The summed E-state index contributed by atoms with van der Waals surface area (Å²) in [6.45, 7) is 12.3. The maximum absolute atomic E-state index is 13.6. The van der Waals surface area contributed by atoms with Gasteiger partial charge in [-0.2, -0.15) is 9.97 Å². The van der Waals surface area contributed by atoms with Gasteiger partial charge < -0.3 is 15.8 Å². The molecular weight excluding hydrogens is 615 g/mol. The number of rotatable bonds is 16. The minimum atomic E-state index is -4.12. The predicted molar refractivity (Wildman–Crippen MR) is 172 cm³/mol. The van der Waals surface area contributed by atoms with Crippen LogP contribution in [-0.4, -0.2) is 74.2 Å². The summed E-state index contributed by atoms with van der Waals surface area (Å²) in [6.07, 6.45) is 5.92. The van der Waals surface area contributed by atoms with E-state index in [4.69, 9.17) is 30.5 Å². The molecule has 0 unspecified atom stereocenters. The highest BCUT2D eigenvalue weighted by molar-refractivity contribution is 8.14. The highest BCUT2D eigenvalue weighted by Gasteiger charge is 2.31. The molecule has 0 saturated heterocycles. The third-order valence-corrected chi connectivity index (χ3v) is 9.53. The second-order valence-electron chi connectivity index (χ2n) is 11.5. The van der Waals surface area contributed by atoms with Gasteiger partial charge in [-0.25, -0.2) is 9.55 Å². The minimum Gasteiger partial charge on any atom is -0.371 e. The summed E-state index contributed by atoms with van der Waals surface area (Å²) < 4.78 is 38.2. The lowest BCUT2D eigenvalue weighted by atomic mass is 9.99. The fraction of sp³-hybridized carbons (Fsp3) is 0.667. The normalized spacial score (nSPS) is 13.9. The summed E-state index contributed by atoms with van der Waals surface area (Å²) in [5.74, 6) is 3.57. The van der Waals surface area contributed by atoms with E-state index in [9.17, 15) is 14.2 Å². The number of imidazole rings is 1. The fourth-order valence-electron chi connectivity index (χ4n) is 3.28. The van der Waals surface area contributed by atoms with Crippen LogP contribution in [0, 0.1) is 23.2 Å². The second kappa shape index (κ2) is 16.2. The number of nitrogens with zero attached hydrogens (tertiary/aromatic N) is 4. The molecular formula is C27H43N6O7PS2. The molecule has 16 heteroatoms. The van der Waals surface area contributed by atoms with Gasteiger partial charge in [0.25, 0.3) is 0 Å². The second-order valence-corrected chi connectivity index (χ2v) is 15.3. The quantitative estimate of drug-likeness (QED) is 0.138. The number of terminal acetylenes is 1. The third-order valence-electron chi connectivity index (χ3n) is 5.58. The van der Waals surface area contributed by atoms with Crippen molar-refractivity contribution in [1.82, 2.24) is 19.5 Å². The molecule has 43 heavy (non-hydrogen) atoms. The van der Waals surface area contributed by atoms with Crippen molar-refractivity contribution in [3.8, 4) is 12.3 Å². The SMILES string of the molecule is C#CC[C@@H](COP(=O)(OCCSC(=O)C(C)(C)C)OCCSC(=O)C(C)(C)C)O[C@H](C)n1cnc2c(NC)nc(N)nc21. The van der Waals surface area contributed by atoms with Crippen LogP contribution in [0.3, 0.4) is 0 Å². The summed E-state index contributed by atoms with van der Waals surface area (Å²) in [4.78, 5) is 37.3. The van der Waals surface area contributed by atoms with E-state index >= 15 is 0 Å². The lowest BCUT2D eigenvalue weighted by Gasteiger charge is -2.24. The summed E-state index contributed by atoms with van der Waals surface area (Å²) in [6, 6.07) is 0. The number of anilines is 2. The molecule has 0 aliphatic heterocycles.